The summed E-state index contributed by atoms with van der Waals surface area (Å²) in [5, 5.41) is 3.24. The molecule has 1 heterocycles. The van der Waals surface area contributed by atoms with Crippen LogP contribution in [0.3, 0.4) is 0 Å². The summed E-state index contributed by atoms with van der Waals surface area (Å²) in [7, 11) is 0. The second kappa shape index (κ2) is 8.87. The van der Waals surface area contributed by atoms with Crippen molar-refractivity contribution in [1.82, 2.24) is 14.9 Å². The molecule has 0 bridgehead atoms. The quantitative estimate of drug-likeness (QED) is 0.658. The van der Waals surface area contributed by atoms with Crippen LogP contribution in [0.1, 0.15) is 11.1 Å². The highest BCUT2D eigenvalue weighted by Gasteiger charge is 2.06. The van der Waals surface area contributed by atoms with Gasteiger partial charge in [-0.15, -0.1) is 11.8 Å². The van der Waals surface area contributed by atoms with Gasteiger partial charge in [-0.25, -0.2) is 9.37 Å². The molecule has 0 radical (unpaired) electrons. The molecule has 1 aromatic heterocycles. The minimum absolute atomic E-state index is 0.0805. The van der Waals surface area contributed by atoms with E-state index in [9.17, 15) is 9.18 Å². The first-order valence-corrected chi connectivity index (χ1v) is 9.51. The lowest BCUT2D eigenvalue weighted by Crippen LogP contribution is -2.24. The van der Waals surface area contributed by atoms with Crippen LogP contribution < -0.4 is 5.32 Å². The average Bonchev–Trinajstić information content (AvgIpc) is 3.17. The summed E-state index contributed by atoms with van der Waals surface area (Å²) in [6, 6.07) is 12.4. The molecule has 2 aromatic carbocycles. The number of aromatic nitrogens is 2. The van der Waals surface area contributed by atoms with Crippen molar-refractivity contribution in [3.05, 3.63) is 83.2 Å². The molecule has 0 aliphatic carbocycles. The zero-order chi connectivity index (χ0) is 18.4. The maximum absolute atomic E-state index is 13.7. The fourth-order valence-electron chi connectivity index (χ4n) is 2.34. The van der Waals surface area contributed by atoms with Crippen molar-refractivity contribution >= 4 is 29.3 Å². The Balaban J connectivity index is 1.42. The van der Waals surface area contributed by atoms with E-state index in [2.05, 4.69) is 10.3 Å². The van der Waals surface area contributed by atoms with Crippen molar-refractivity contribution in [2.75, 3.05) is 5.75 Å². The molecule has 0 unspecified atom stereocenters. The average molecular weight is 390 g/mol. The van der Waals surface area contributed by atoms with E-state index < -0.39 is 0 Å². The van der Waals surface area contributed by atoms with Crippen molar-refractivity contribution in [3.8, 4) is 5.69 Å². The highest BCUT2D eigenvalue weighted by molar-refractivity contribution is 7.99. The van der Waals surface area contributed by atoms with Crippen LogP contribution in [0.5, 0.6) is 0 Å². The summed E-state index contributed by atoms with van der Waals surface area (Å²) in [5.41, 5.74) is 2.57. The SMILES string of the molecule is O=C(CSCc1ccc(Cl)cc1F)NCc1ccc(-n2ccnc2)cc1. The topological polar surface area (TPSA) is 46.9 Å². The van der Waals surface area contributed by atoms with Crippen LogP contribution in [-0.4, -0.2) is 21.2 Å². The fraction of sp³-hybridized carbons (Fsp3) is 0.158. The minimum atomic E-state index is -0.344. The molecule has 0 atom stereocenters. The fourth-order valence-corrected chi connectivity index (χ4v) is 3.34. The summed E-state index contributed by atoms with van der Waals surface area (Å²) in [6.45, 7) is 0.457. The second-order valence-corrected chi connectivity index (χ2v) is 7.06. The van der Waals surface area contributed by atoms with Gasteiger partial charge in [-0.2, -0.15) is 0 Å². The van der Waals surface area contributed by atoms with Crippen LogP contribution in [0.15, 0.2) is 61.2 Å². The summed E-state index contributed by atoms with van der Waals surface area (Å²) in [4.78, 5) is 16.0. The van der Waals surface area contributed by atoms with E-state index in [1.807, 2.05) is 35.0 Å². The van der Waals surface area contributed by atoms with Crippen LogP contribution in [0, 0.1) is 5.82 Å². The molecular weight excluding hydrogens is 373 g/mol. The van der Waals surface area contributed by atoms with Crippen LogP contribution in [0.25, 0.3) is 5.69 Å². The number of hydrogen-bond donors (Lipinski definition) is 1. The summed E-state index contributed by atoms with van der Waals surface area (Å²) in [6.07, 6.45) is 5.33. The van der Waals surface area contributed by atoms with Gasteiger partial charge < -0.3 is 9.88 Å². The normalized spacial score (nSPS) is 10.7. The van der Waals surface area contributed by atoms with E-state index in [1.165, 1.54) is 17.8 Å². The second-order valence-electron chi connectivity index (χ2n) is 5.64. The van der Waals surface area contributed by atoms with E-state index in [1.54, 1.807) is 24.7 Å². The van der Waals surface area contributed by atoms with Crippen molar-refractivity contribution in [3.63, 3.8) is 0 Å². The van der Waals surface area contributed by atoms with Crippen LogP contribution >= 0.6 is 23.4 Å². The third-order valence-electron chi connectivity index (χ3n) is 3.73. The maximum Gasteiger partial charge on any atom is 0.230 e. The van der Waals surface area contributed by atoms with Crippen molar-refractivity contribution < 1.29 is 9.18 Å². The molecule has 1 N–H and O–H groups in total. The molecule has 0 fully saturated rings. The lowest BCUT2D eigenvalue weighted by atomic mass is 10.2. The van der Waals surface area contributed by atoms with Gasteiger partial charge in [0.2, 0.25) is 5.91 Å². The summed E-state index contributed by atoms with van der Waals surface area (Å²) < 4.78 is 15.6. The smallest absolute Gasteiger partial charge is 0.230 e. The number of amides is 1. The van der Waals surface area contributed by atoms with Crippen molar-refractivity contribution in [2.45, 2.75) is 12.3 Å². The first kappa shape index (κ1) is 18.5. The number of halogens is 2. The van der Waals surface area contributed by atoms with Crippen LogP contribution in [0.4, 0.5) is 4.39 Å². The molecule has 134 valence electrons. The molecule has 0 aliphatic rings. The van der Waals surface area contributed by atoms with E-state index >= 15 is 0 Å². The first-order valence-electron chi connectivity index (χ1n) is 7.97. The molecule has 0 saturated carbocycles. The number of carbonyl (C=O) groups is 1. The van der Waals surface area contributed by atoms with Gasteiger partial charge in [0.1, 0.15) is 5.82 Å². The van der Waals surface area contributed by atoms with E-state index in [0.717, 1.165) is 11.3 Å². The number of thioether (sulfide) groups is 1. The van der Waals surface area contributed by atoms with Gasteiger partial charge in [0, 0.05) is 35.4 Å². The van der Waals surface area contributed by atoms with Gasteiger partial charge >= 0.3 is 0 Å². The molecule has 3 aromatic rings. The van der Waals surface area contributed by atoms with E-state index in [0.29, 0.717) is 22.9 Å². The molecule has 3 rings (SSSR count). The predicted octanol–water partition coefficient (Wildman–Crippen LogP) is 4.21. The number of nitrogens with one attached hydrogen (secondary N) is 1. The Bertz CT molecular complexity index is 869. The standard InChI is InChI=1S/C19H17ClFN3OS/c20-16-4-3-15(18(21)9-16)11-26-12-19(25)23-10-14-1-5-17(6-2-14)24-8-7-22-13-24/h1-9,13H,10-12H2,(H,23,25). The van der Waals surface area contributed by atoms with E-state index in [-0.39, 0.29) is 17.5 Å². The lowest BCUT2D eigenvalue weighted by Gasteiger charge is -2.07. The number of carbonyl (C=O) groups excluding carboxylic acids is 1. The molecule has 0 spiro atoms. The molecule has 26 heavy (non-hydrogen) atoms. The van der Waals surface area contributed by atoms with Gasteiger partial charge in [0.05, 0.1) is 12.1 Å². The molecular formula is C19H17ClFN3OS. The molecule has 7 heteroatoms. The first-order chi connectivity index (χ1) is 12.6. The molecule has 0 saturated heterocycles. The number of imidazole rings is 1. The molecule has 4 nitrogen and oxygen atoms in total. The van der Waals surface area contributed by atoms with Gasteiger partial charge in [-0.05, 0) is 35.4 Å². The highest BCUT2D eigenvalue weighted by atomic mass is 35.5. The number of benzene rings is 2. The lowest BCUT2D eigenvalue weighted by molar-refractivity contribution is -0.118. The highest BCUT2D eigenvalue weighted by Crippen LogP contribution is 2.19. The van der Waals surface area contributed by atoms with Crippen LogP contribution in [-0.2, 0) is 17.1 Å². The Morgan fingerprint density at radius 1 is 1.23 bits per heavy atom. The predicted molar refractivity (Wildman–Crippen MR) is 103 cm³/mol. The number of nitrogens with zero attached hydrogens (tertiary/aromatic N) is 2. The van der Waals surface area contributed by atoms with Crippen molar-refractivity contribution in [1.29, 1.82) is 0 Å². The molecule has 0 aliphatic heterocycles. The van der Waals surface area contributed by atoms with Gasteiger partial charge in [-0.1, -0.05) is 29.8 Å². The van der Waals surface area contributed by atoms with Gasteiger partial charge in [-0.3, -0.25) is 4.79 Å². The maximum atomic E-state index is 13.7. The molecule has 1 amide bonds. The Kier molecular flexibility index (Phi) is 6.30. The summed E-state index contributed by atoms with van der Waals surface area (Å²) in [5.74, 6) is 0.275. The third-order valence-corrected chi connectivity index (χ3v) is 4.95. The van der Waals surface area contributed by atoms with E-state index in [4.69, 9.17) is 11.6 Å². The Hall–Kier alpha value is -2.31. The zero-order valence-electron chi connectivity index (χ0n) is 13.9. The Morgan fingerprint density at radius 3 is 2.73 bits per heavy atom. The van der Waals surface area contributed by atoms with Gasteiger partial charge in [0.15, 0.2) is 0 Å². The zero-order valence-corrected chi connectivity index (χ0v) is 15.4. The van der Waals surface area contributed by atoms with Crippen molar-refractivity contribution in [2.24, 2.45) is 0 Å². The number of rotatable bonds is 7. The van der Waals surface area contributed by atoms with Crippen LogP contribution in [0.2, 0.25) is 5.02 Å². The Labute approximate surface area is 160 Å². The van der Waals surface area contributed by atoms with Gasteiger partial charge in [0.25, 0.3) is 0 Å². The minimum Gasteiger partial charge on any atom is -0.351 e. The third kappa shape index (κ3) is 5.09. The number of hydrogen-bond acceptors (Lipinski definition) is 3. The largest absolute Gasteiger partial charge is 0.351 e. The monoisotopic (exact) mass is 389 g/mol. The summed E-state index contributed by atoms with van der Waals surface area (Å²) >= 11 is 7.09. The Morgan fingerprint density at radius 2 is 2.04 bits per heavy atom.